The number of benzene rings is 2. The fourth-order valence-corrected chi connectivity index (χ4v) is 2.93. The van der Waals surface area contributed by atoms with E-state index in [-0.39, 0.29) is 12.1 Å². The standard InChI is InChI=1S/C23H33N3O2/c1-18(2)13-14-24-17-22(27)21(15-19-9-5-3-6-10-19)26-23(28)25-16-20-11-7-4-8-12-20/h3-12,18,21-22,24,27H,13-17H2,1-2H3,(H2,25,26,28)/t21-,22+/m0/s1. The van der Waals surface area contributed by atoms with Gasteiger partial charge in [-0.25, -0.2) is 4.79 Å². The molecule has 0 bridgehead atoms. The molecular weight excluding hydrogens is 350 g/mol. The third-order valence-electron chi connectivity index (χ3n) is 4.63. The first-order valence-electron chi connectivity index (χ1n) is 10.1. The third-order valence-corrected chi connectivity index (χ3v) is 4.63. The van der Waals surface area contributed by atoms with E-state index in [0.717, 1.165) is 24.1 Å². The maximum absolute atomic E-state index is 12.4. The molecule has 0 heterocycles. The molecule has 28 heavy (non-hydrogen) atoms. The van der Waals surface area contributed by atoms with E-state index < -0.39 is 6.10 Å². The number of carbonyl (C=O) groups is 1. The molecule has 5 heteroatoms. The molecule has 2 atom stereocenters. The first-order valence-corrected chi connectivity index (χ1v) is 10.1. The van der Waals surface area contributed by atoms with Gasteiger partial charge < -0.3 is 21.1 Å². The maximum atomic E-state index is 12.4. The summed E-state index contributed by atoms with van der Waals surface area (Å²) < 4.78 is 0. The topological polar surface area (TPSA) is 73.4 Å². The summed E-state index contributed by atoms with van der Waals surface area (Å²) in [5, 5.41) is 19.8. The normalized spacial score (nSPS) is 13.1. The Balaban J connectivity index is 1.89. The SMILES string of the molecule is CC(C)CCNC[C@@H](O)[C@H](Cc1ccccc1)NC(=O)NCc1ccccc1. The van der Waals surface area contributed by atoms with E-state index in [1.165, 1.54) is 0 Å². The Bertz CT molecular complexity index is 677. The number of nitrogens with one attached hydrogen (secondary N) is 3. The highest BCUT2D eigenvalue weighted by atomic mass is 16.3. The van der Waals surface area contributed by atoms with Crippen molar-refractivity contribution in [2.24, 2.45) is 5.92 Å². The van der Waals surface area contributed by atoms with Crippen LogP contribution in [0.4, 0.5) is 4.79 Å². The van der Waals surface area contributed by atoms with Crippen molar-refractivity contribution in [3.05, 3.63) is 71.8 Å². The van der Waals surface area contributed by atoms with Crippen LogP contribution in [0, 0.1) is 5.92 Å². The van der Waals surface area contributed by atoms with E-state index in [2.05, 4.69) is 29.8 Å². The summed E-state index contributed by atoms with van der Waals surface area (Å²) in [5.74, 6) is 0.617. The van der Waals surface area contributed by atoms with Crippen molar-refractivity contribution in [2.45, 2.75) is 45.4 Å². The molecule has 0 fully saturated rings. The molecule has 2 aromatic carbocycles. The van der Waals surface area contributed by atoms with Gasteiger partial charge in [0.05, 0.1) is 12.1 Å². The zero-order valence-corrected chi connectivity index (χ0v) is 16.9. The van der Waals surface area contributed by atoms with Gasteiger partial charge in [-0.15, -0.1) is 0 Å². The van der Waals surface area contributed by atoms with Gasteiger partial charge >= 0.3 is 6.03 Å². The number of urea groups is 1. The predicted octanol–water partition coefficient (Wildman–Crippen LogP) is 3.09. The van der Waals surface area contributed by atoms with Crippen molar-refractivity contribution in [2.75, 3.05) is 13.1 Å². The van der Waals surface area contributed by atoms with E-state index in [1.54, 1.807) is 0 Å². The molecule has 0 aliphatic heterocycles. The Hall–Kier alpha value is -2.37. The van der Waals surface area contributed by atoms with E-state index in [1.807, 2.05) is 60.7 Å². The summed E-state index contributed by atoms with van der Waals surface area (Å²) >= 11 is 0. The van der Waals surface area contributed by atoms with Crippen molar-refractivity contribution in [3.63, 3.8) is 0 Å². The first-order chi connectivity index (χ1) is 13.5. The van der Waals surface area contributed by atoms with Crippen LogP contribution in [-0.4, -0.2) is 36.4 Å². The van der Waals surface area contributed by atoms with Gasteiger partial charge in [-0.3, -0.25) is 0 Å². The van der Waals surface area contributed by atoms with Crippen LogP contribution in [0.2, 0.25) is 0 Å². The molecule has 0 saturated carbocycles. The Morgan fingerprint density at radius 3 is 2.18 bits per heavy atom. The molecule has 0 unspecified atom stereocenters. The molecule has 0 aliphatic carbocycles. The van der Waals surface area contributed by atoms with Crippen LogP contribution in [-0.2, 0) is 13.0 Å². The van der Waals surface area contributed by atoms with Crippen molar-refractivity contribution in [1.29, 1.82) is 0 Å². The quantitative estimate of drug-likeness (QED) is 0.451. The summed E-state index contributed by atoms with van der Waals surface area (Å²) in [6, 6.07) is 19.0. The number of amides is 2. The molecule has 0 spiro atoms. The predicted molar refractivity (Wildman–Crippen MR) is 114 cm³/mol. The zero-order valence-electron chi connectivity index (χ0n) is 16.9. The lowest BCUT2D eigenvalue weighted by molar-refractivity contribution is 0.126. The van der Waals surface area contributed by atoms with Crippen molar-refractivity contribution in [1.82, 2.24) is 16.0 Å². The number of carbonyl (C=O) groups excluding carboxylic acids is 1. The molecular formula is C23H33N3O2. The summed E-state index contributed by atoms with van der Waals surface area (Å²) in [4.78, 5) is 12.4. The Kier molecular flexibility index (Phi) is 9.52. The Morgan fingerprint density at radius 1 is 0.964 bits per heavy atom. The van der Waals surface area contributed by atoms with Gasteiger partial charge in [-0.1, -0.05) is 74.5 Å². The molecule has 2 rings (SSSR count). The number of aliphatic hydroxyl groups is 1. The molecule has 152 valence electrons. The molecule has 5 nitrogen and oxygen atoms in total. The van der Waals surface area contributed by atoms with Gasteiger partial charge in [-0.2, -0.15) is 0 Å². The zero-order chi connectivity index (χ0) is 20.2. The van der Waals surface area contributed by atoms with Crippen LogP contribution in [0.5, 0.6) is 0 Å². The minimum atomic E-state index is -0.671. The van der Waals surface area contributed by atoms with Gasteiger partial charge in [0.25, 0.3) is 0 Å². The van der Waals surface area contributed by atoms with Crippen LogP contribution in [0.25, 0.3) is 0 Å². The van der Waals surface area contributed by atoms with E-state index in [0.29, 0.717) is 25.4 Å². The monoisotopic (exact) mass is 383 g/mol. The molecule has 4 N–H and O–H groups in total. The second-order valence-electron chi connectivity index (χ2n) is 7.56. The molecule has 0 radical (unpaired) electrons. The van der Waals surface area contributed by atoms with Gasteiger partial charge in [-0.05, 0) is 36.4 Å². The highest BCUT2D eigenvalue weighted by Crippen LogP contribution is 2.07. The van der Waals surface area contributed by atoms with Gasteiger partial charge in [0.1, 0.15) is 0 Å². The minimum Gasteiger partial charge on any atom is -0.390 e. The van der Waals surface area contributed by atoms with E-state index in [9.17, 15) is 9.90 Å². The average molecular weight is 384 g/mol. The average Bonchev–Trinajstić information content (AvgIpc) is 2.70. The fraction of sp³-hybridized carbons (Fsp3) is 0.435. The van der Waals surface area contributed by atoms with Gasteiger partial charge in [0.15, 0.2) is 0 Å². The number of aliphatic hydroxyl groups excluding tert-OH is 1. The van der Waals surface area contributed by atoms with Crippen LogP contribution < -0.4 is 16.0 Å². The summed E-state index contributed by atoms with van der Waals surface area (Å²) in [5.41, 5.74) is 2.12. The van der Waals surface area contributed by atoms with Crippen LogP contribution in [0.3, 0.4) is 0 Å². The molecule has 2 amide bonds. The van der Waals surface area contributed by atoms with Crippen LogP contribution >= 0.6 is 0 Å². The fourth-order valence-electron chi connectivity index (χ4n) is 2.93. The smallest absolute Gasteiger partial charge is 0.315 e. The Labute approximate surface area is 168 Å². The summed E-state index contributed by atoms with van der Waals surface area (Å²) in [6.07, 6.45) is 0.961. The second kappa shape index (κ2) is 12.2. The van der Waals surface area contributed by atoms with Gasteiger partial charge in [0, 0.05) is 13.1 Å². The number of hydrogen-bond donors (Lipinski definition) is 4. The summed E-state index contributed by atoms with van der Waals surface area (Å²) in [7, 11) is 0. The van der Waals surface area contributed by atoms with Crippen molar-refractivity contribution in [3.8, 4) is 0 Å². The lowest BCUT2D eigenvalue weighted by Gasteiger charge is -2.25. The summed E-state index contributed by atoms with van der Waals surface area (Å²) in [6.45, 7) is 6.10. The number of rotatable bonds is 11. The highest BCUT2D eigenvalue weighted by molar-refractivity contribution is 5.74. The molecule has 0 aliphatic rings. The van der Waals surface area contributed by atoms with Crippen LogP contribution in [0.1, 0.15) is 31.4 Å². The molecule has 0 aromatic heterocycles. The van der Waals surface area contributed by atoms with E-state index in [4.69, 9.17) is 0 Å². The maximum Gasteiger partial charge on any atom is 0.315 e. The lowest BCUT2D eigenvalue weighted by Crippen LogP contribution is -2.51. The first kappa shape index (κ1) is 21.9. The molecule has 2 aromatic rings. The van der Waals surface area contributed by atoms with Crippen molar-refractivity contribution >= 4 is 6.03 Å². The Morgan fingerprint density at radius 2 is 1.57 bits per heavy atom. The largest absolute Gasteiger partial charge is 0.390 e. The number of hydrogen-bond acceptors (Lipinski definition) is 3. The lowest BCUT2D eigenvalue weighted by atomic mass is 10.0. The van der Waals surface area contributed by atoms with Crippen molar-refractivity contribution < 1.29 is 9.90 Å². The van der Waals surface area contributed by atoms with Gasteiger partial charge in [0.2, 0.25) is 0 Å². The van der Waals surface area contributed by atoms with Crippen LogP contribution in [0.15, 0.2) is 60.7 Å². The second-order valence-corrected chi connectivity index (χ2v) is 7.56. The highest BCUT2D eigenvalue weighted by Gasteiger charge is 2.21. The minimum absolute atomic E-state index is 0.272. The molecule has 0 saturated heterocycles. The third kappa shape index (κ3) is 8.55. The van der Waals surface area contributed by atoms with E-state index >= 15 is 0 Å².